The molecule has 2 unspecified atom stereocenters. The van der Waals surface area contributed by atoms with Crippen LogP contribution in [0, 0.1) is 5.92 Å². The lowest BCUT2D eigenvalue weighted by Crippen LogP contribution is -2.54. The van der Waals surface area contributed by atoms with Crippen molar-refractivity contribution in [1.82, 2.24) is 20.7 Å². The summed E-state index contributed by atoms with van der Waals surface area (Å²) in [5.74, 6) is 1.51. The van der Waals surface area contributed by atoms with Gasteiger partial charge in [-0.15, -0.1) is 0 Å². The van der Waals surface area contributed by atoms with E-state index >= 15 is 0 Å². The minimum atomic E-state index is -0.118. The molecule has 2 aliphatic heterocycles. The molecule has 3 rings (SSSR count). The van der Waals surface area contributed by atoms with Gasteiger partial charge in [-0.25, -0.2) is 10.4 Å². The lowest BCUT2D eigenvalue weighted by molar-refractivity contribution is -0.133. The molecule has 0 aliphatic carbocycles. The van der Waals surface area contributed by atoms with Crippen LogP contribution in [0.2, 0.25) is 5.02 Å². The minimum Gasteiger partial charge on any atom is -0.352 e. The molecule has 0 saturated carbocycles. The Kier molecular flexibility index (Phi) is 5.04. The summed E-state index contributed by atoms with van der Waals surface area (Å²) >= 11 is 6.20. The number of aromatic nitrogens is 1. The molecule has 126 valence electrons. The smallest absolute Gasteiger partial charge is 0.241 e. The first-order chi connectivity index (χ1) is 11.1. The number of hydrogen-bond acceptors (Lipinski definition) is 5. The third kappa shape index (κ3) is 3.59. The number of amides is 1. The van der Waals surface area contributed by atoms with Crippen LogP contribution in [0.4, 0.5) is 5.82 Å². The quantitative estimate of drug-likeness (QED) is 0.870. The maximum Gasteiger partial charge on any atom is 0.241 e. The Balaban J connectivity index is 1.55. The highest BCUT2D eigenvalue weighted by Crippen LogP contribution is 2.24. The van der Waals surface area contributed by atoms with Crippen LogP contribution in [-0.2, 0) is 4.79 Å². The molecular weight excluding hydrogens is 314 g/mol. The zero-order valence-electron chi connectivity index (χ0n) is 13.6. The van der Waals surface area contributed by atoms with E-state index in [9.17, 15) is 4.79 Å². The van der Waals surface area contributed by atoms with E-state index in [-0.39, 0.29) is 11.9 Å². The van der Waals surface area contributed by atoms with Gasteiger partial charge in [0, 0.05) is 38.4 Å². The molecule has 1 amide bonds. The van der Waals surface area contributed by atoms with Crippen molar-refractivity contribution in [3.05, 3.63) is 23.4 Å². The van der Waals surface area contributed by atoms with Gasteiger partial charge in [-0.1, -0.05) is 25.4 Å². The Morgan fingerprint density at radius 3 is 2.65 bits per heavy atom. The highest BCUT2D eigenvalue weighted by atomic mass is 35.5. The van der Waals surface area contributed by atoms with Crippen LogP contribution < -0.4 is 15.8 Å². The van der Waals surface area contributed by atoms with Crippen LogP contribution in [0.5, 0.6) is 0 Å². The molecule has 2 aliphatic rings. The molecule has 2 N–H and O–H groups in total. The Hall–Kier alpha value is -1.37. The number of anilines is 1. The standard InChI is InChI=1S/C16H24ClN5O/c1-11(2)13-10-14(20-19-13)16(23)22-8-6-21(7-9-22)15-12(17)4-3-5-18-15/h3-5,11,13-14,19-20H,6-10H2,1-2H3. The number of nitrogens with one attached hydrogen (secondary N) is 2. The summed E-state index contributed by atoms with van der Waals surface area (Å²) in [6, 6.07) is 3.92. The number of hydrogen-bond donors (Lipinski definition) is 2. The second kappa shape index (κ2) is 7.03. The zero-order chi connectivity index (χ0) is 16.4. The molecule has 2 fully saturated rings. The van der Waals surface area contributed by atoms with Crippen molar-refractivity contribution in [3.63, 3.8) is 0 Å². The number of rotatable bonds is 3. The molecule has 0 aromatic carbocycles. The topological polar surface area (TPSA) is 60.5 Å². The van der Waals surface area contributed by atoms with Crippen LogP contribution in [-0.4, -0.2) is 54.1 Å². The van der Waals surface area contributed by atoms with E-state index in [4.69, 9.17) is 11.6 Å². The minimum absolute atomic E-state index is 0.118. The fourth-order valence-corrected chi connectivity index (χ4v) is 3.39. The number of carbonyl (C=O) groups is 1. The average molecular weight is 338 g/mol. The number of carbonyl (C=O) groups excluding carboxylic acids is 1. The Morgan fingerprint density at radius 2 is 2.04 bits per heavy atom. The molecule has 6 nitrogen and oxygen atoms in total. The van der Waals surface area contributed by atoms with Crippen molar-refractivity contribution >= 4 is 23.3 Å². The highest BCUT2D eigenvalue weighted by molar-refractivity contribution is 6.32. The van der Waals surface area contributed by atoms with E-state index in [0.29, 0.717) is 30.1 Å². The monoisotopic (exact) mass is 337 g/mol. The maximum atomic E-state index is 12.6. The van der Waals surface area contributed by atoms with Gasteiger partial charge < -0.3 is 9.80 Å². The Labute approximate surface area is 142 Å². The summed E-state index contributed by atoms with van der Waals surface area (Å²) in [7, 11) is 0. The van der Waals surface area contributed by atoms with Crippen LogP contribution in [0.15, 0.2) is 18.3 Å². The summed E-state index contributed by atoms with van der Waals surface area (Å²) in [6.45, 7) is 7.27. The second-order valence-corrected chi connectivity index (χ2v) is 6.96. The van der Waals surface area contributed by atoms with Crippen LogP contribution in [0.1, 0.15) is 20.3 Å². The van der Waals surface area contributed by atoms with Gasteiger partial charge in [-0.2, -0.15) is 0 Å². The normalized spacial score (nSPS) is 25.2. The van der Waals surface area contributed by atoms with Crippen LogP contribution >= 0.6 is 11.6 Å². The Morgan fingerprint density at radius 1 is 1.30 bits per heavy atom. The largest absolute Gasteiger partial charge is 0.352 e. The van der Waals surface area contributed by atoms with E-state index in [2.05, 4.69) is 34.6 Å². The first-order valence-electron chi connectivity index (χ1n) is 8.21. The lowest BCUT2D eigenvalue weighted by atomic mass is 9.99. The summed E-state index contributed by atoms with van der Waals surface area (Å²) < 4.78 is 0. The predicted molar refractivity (Wildman–Crippen MR) is 91.3 cm³/mol. The van der Waals surface area contributed by atoms with Gasteiger partial charge in [0.1, 0.15) is 11.9 Å². The summed E-state index contributed by atoms with van der Waals surface area (Å²) in [5.41, 5.74) is 6.38. The summed E-state index contributed by atoms with van der Waals surface area (Å²) in [6.07, 6.45) is 2.60. The molecule has 1 aromatic rings. The van der Waals surface area contributed by atoms with Gasteiger partial charge in [0.05, 0.1) is 5.02 Å². The number of hydrazine groups is 1. The second-order valence-electron chi connectivity index (χ2n) is 6.55. The Bertz CT molecular complexity index is 559. The molecule has 3 heterocycles. The molecule has 23 heavy (non-hydrogen) atoms. The lowest BCUT2D eigenvalue weighted by Gasteiger charge is -2.36. The van der Waals surface area contributed by atoms with E-state index in [1.807, 2.05) is 17.0 Å². The number of nitrogens with zero attached hydrogens (tertiary/aromatic N) is 3. The zero-order valence-corrected chi connectivity index (χ0v) is 14.4. The first kappa shape index (κ1) is 16.5. The summed E-state index contributed by atoms with van der Waals surface area (Å²) in [5, 5.41) is 0.661. The number of halogens is 1. The van der Waals surface area contributed by atoms with Crippen molar-refractivity contribution in [2.75, 3.05) is 31.1 Å². The molecule has 0 radical (unpaired) electrons. The molecule has 2 atom stereocenters. The summed E-state index contributed by atoms with van der Waals surface area (Å²) in [4.78, 5) is 21.1. The van der Waals surface area contributed by atoms with Crippen LogP contribution in [0.25, 0.3) is 0 Å². The van der Waals surface area contributed by atoms with E-state index in [0.717, 1.165) is 25.3 Å². The molecule has 0 spiro atoms. The van der Waals surface area contributed by atoms with Gasteiger partial charge in [-0.3, -0.25) is 10.2 Å². The van der Waals surface area contributed by atoms with E-state index in [1.165, 1.54) is 0 Å². The van der Waals surface area contributed by atoms with Gasteiger partial charge in [0.2, 0.25) is 5.91 Å². The maximum absolute atomic E-state index is 12.6. The number of pyridine rings is 1. The third-order valence-electron chi connectivity index (χ3n) is 4.67. The molecular formula is C16H24ClN5O. The third-order valence-corrected chi connectivity index (χ3v) is 4.96. The van der Waals surface area contributed by atoms with Gasteiger partial charge >= 0.3 is 0 Å². The molecule has 0 bridgehead atoms. The fourth-order valence-electron chi connectivity index (χ4n) is 3.15. The van der Waals surface area contributed by atoms with Crippen molar-refractivity contribution in [2.45, 2.75) is 32.4 Å². The van der Waals surface area contributed by atoms with E-state index in [1.54, 1.807) is 6.20 Å². The van der Waals surface area contributed by atoms with Crippen molar-refractivity contribution < 1.29 is 4.79 Å². The van der Waals surface area contributed by atoms with Crippen molar-refractivity contribution in [2.24, 2.45) is 5.92 Å². The average Bonchev–Trinajstić information content (AvgIpc) is 3.05. The predicted octanol–water partition coefficient (Wildman–Crippen LogP) is 1.27. The number of piperazine rings is 1. The van der Waals surface area contributed by atoms with Gasteiger partial charge in [0.15, 0.2) is 0 Å². The fraction of sp³-hybridized carbons (Fsp3) is 0.625. The SMILES string of the molecule is CC(C)C1CC(C(=O)N2CCN(c3ncccc3Cl)CC2)NN1. The van der Waals surface area contributed by atoms with Crippen LogP contribution in [0.3, 0.4) is 0 Å². The molecule has 7 heteroatoms. The van der Waals surface area contributed by atoms with Crippen molar-refractivity contribution in [3.8, 4) is 0 Å². The van der Waals surface area contributed by atoms with Gasteiger partial charge in [0.25, 0.3) is 0 Å². The van der Waals surface area contributed by atoms with Gasteiger partial charge in [-0.05, 0) is 24.5 Å². The van der Waals surface area contributed by atoms with E-state index < -0.39 is 0 Å². The molecule has 2 saturated heterocycles. The highest BCUT2D eigenvalue weighted by Gasteiger charge is 2.34. The molecule has 1 aromatic heterocycles. The first-order valence-corrected chi connectivity index (χ1v) is 8.59. The van der Waals surface area contributed by atoms with Crippen molar-refractivity contribution in [1.29, 1.82) is 0 Å².